The highest BCUT2D eigenvalue weighted by Crippen LogP contribution is 2.34. The maximum absolute atomic E-state index is 6.30. The van der Waals surface area contributed by atoms with Gasteiger partial charge in [0.05, 0.1) is 38.6 Å². The van der Waals surface area contributed by atoms with E-state index in [1.807, 2.05) is 13.0 Å². The van der Waals surface area contributed by atoms with Gasteiger partial charge in [-0.2, -0.15) is 0 Å². The highest BCUT2D eigenvalue weighted by molar-refractivity contribution is 6.42. The summed E-state index contributed by atoms with van der Waals surface area (Å²) in [5.41, 5.74) is 1.58. The predicted molar refractivity (Wildman–Crippen MR) is 87.6 cm³/mol. The van der Waals surface area contributed by atoms with E-state index in [1.165, 1.54) is 0 Å². The minimum absolute atomic E-state index is 0.180. The van der Waals surface area contributed by atoms with E-state index in [9.17, 15) is 0 Å². The summed E-state index contributed by atoms with van der Waals surface area (Å²) in [6, 6.07) is 3.64. The summed E-state index contributed by atoms with van der Waals surface area (Å²) >= 11 is 18.6. The largest absolute Gasteiger partial charge is 0.373 e. The highest BCUT2D eigenvalue weighted by Gasteiger charge is 2.32. The zero-order valence-electron chi connectivity index (χ0n) is 12.0. The monoisotopic (exact) mass is 346 g/mol. The molecule has 1 aromatic heterocycles. The topological polar surface area (TPSA) is 27.1 Å². The molecule has 3 rings (SSSR count). The van der Waals surface area contributed by atoms with Gasteiger partial charge < -0.3 is 9.30 Å². The van der Waals surface area contributed by atoms with Gasteiger partial charge >= 0.3 is 0 Å². The van der Waals surface area contributed by atoms with E-state index in [0.29, 0.717) is 16.6 Å². The number of alkyl halides is 1. The fraction of sp³-hybridized carbons (Fsp3) is 0.533. The molecule has 1 fully saturated rings. The molecule has 1 saturated heterocycles. The van der Waals surface area contributed by atoms with Crippen LogP contribution in [-0.2, 0) is 11.3 Å². The first kappa shape index (κ1) is 15.4. The Labute approximate surface area is 139 Å². The van der Waals surface area contributed by atoms with Gasteiger partial charge in [0, 0.05) is 6.61 Å². The average molecular weight is 348 g/mol. The van der Waals surface area contributed by atoms with Crippen molar-refractivity contribution < 1.29 is 4.74 Å². The maximum Gasteiger partial charge on any atom is 0.127 e. The van der Waals surface area contributed by atoms with Crippen LogP contribution in [0.2, 0.25) is 10.0 Å². The Bertz CT molecular complexity index is 675. The molecule has 114 valence electrons. The Morgan fingerprint density at radius 2 is 2.10 bits per heavy atom. The number of aromatic nitrogens is 2. The number of hydrogen-bond acceptors (Lipinski definition) is 2. The van der Waals surface area contributed by atoms with E-state index < -0.39 is 0 Å². The second kappa shape index (κ2) is 5.62. The Hall–Kier alpha value is -0.480. The minimum atomic E-state index is -0.194. The number of halogens is 3. The molecule has 0 N–H and O–H groups in total. The fourth-order valence-electron chi connectivity index (χ4n) is 2.90. The SMILES string of the molecule is CC(Cl)c1nc2cc(Cl)c(Cl)cc2n1CC1(C)CCCO1. The number of benzene rings is 1. The number of hydrogen-bond donors (Lipinski definition) is 0. The van der Waals surface area contributed by atoms with Crippen LogP contribution in [0.3, 0.4) is 0 Å². The zero-order chi connectivity index (χ0) is 15.2. The molecular weight excluding hydrogens is 331 g/mol. The van der Waals surface area contributed by atoms with Crippen LogP contribution < -0.4 is 0 Å². The third kappa shape index (κ3) is 2.89. The van der Waals surface area contributed by atoms with Crippen LogP contribution in [0.1, 0.15) is 37.9 Å². The van der Waals surface area contributed by atoms with E-state index in [2.05, 4.69) is 16.5 Å². The second-order valence-electron chi connectivity index (χ2n) is 5.83. The molecule has 0 bridgehead atoms. The van der Waals surface area contributed by atoms with Crippen LogP contribution in [0, 0.1) is 0 Å². The van der Waals surface area contributed by atoms with Crippen LogP contribution in [0.25, 0.3) is 11.0 Å². The third-order valence-electron chi connectivity index (χ3n) is 3.97. The van der Waals surface area contributed by atoms with Gasteiger partial charge in [-0.25, -0.2) is 4.98 Å². The maximum atomic E-state index is 6.30. The lowest BCUT2D eigenvalue weighted by Gasteiger charge is -2.25. The number of fused-ring (bicyclic) bond motifs is 1. The quantitative estimate of drug-likeness (QED) is 0.712. The van der Waals surface area contributed by atoms with Crippen LogP contribution in [0.4, 0.5) is 0 Å². The van der Waals surface area contributed by atoms with Crippen molar-refractivity contribution in [3.05, 3.63) is 28.0 Å². The average Bonchev–Trinajstić information content (AvgIpc) is 2.97. The van der Waals surface area contributed by atoms with Gasteiger partial charge in [-0.3, -0.25) is 0 Å². The normalized spacial score (nSPS) is 23.9. The van der Waals surface area contributed by atoms with Crippen LogP contribution in [0.5, 0.6) is 0 Å². The predicted octanol–water partition coefficient (Wildman–Crippen LogP) is 5.21. The molecule has 2 aromatic rings. The Morgan fingerprint density at radius 3 is 2.71 bits per heavy atom. The molecule has 21 heavy (non-hydrogen) atoms. The van der Waals surface area contributed by atoms with Gasteiger partial charge in [0.1, 0.15) is 5.82 Å². The summed E-state index contributed by atoms with van der Waals surface area (Å²) in [6.07, 6.45) is 2.12. The minimum Gasteiger partial charge on any atom is -0.373 e. The van der Waals surface area contributed by atoms with Crippen LogP contribution in [0.15, 0.2) is 12.1 Å². The van der Waals surface area contributed by atoms with Gasteiger partial charge in [-0.1, -0.05) is 23.2 Å². The highest BCUT2D eigenvalue weighted by atomic mass is 35.5. The lowest BCUT2D eigenvalue weighted by Crippen LogP contribution is -2.30. The van der Waals surface area contributed by atoms with Crippen molar-refractivity contribution >= 4 is 45.8 Å². The van der Waals surface area contributed by atoms with Crippen molar-refractivity contribution in [3.63, 3.8) is 0 Å². The van der Waals surface area contributed by atoms with Gasteiger partial charge in [-0.05, 0) is 38.8 Å². The first-order valence-corrected chi connectivity index (χ1v) is 8.22. The summed E-state index contributed by atoms with van der Waals surface area (Å²) in [7, 11) is 0. The summed E-state index contributed by atoms with van der Waals surface area (Å²) in [4.78, 5) is 4.62. The van der Waals surface area contributed by atoms with Crippen molar-refractivity contribution in [1.29, 1.82) is 0 Å². The van der Waals surface area contributed by atoms with Crippen LogP contribution in [-0.4, -0.2) is 21.8 Å². The number of nitrogens with zero attached hydrogens (tertiary/aromatic N) is 2. The Balaban J connectivity index is 2.13. The number of rotatable bonds is 3. The molecule has 1 aliphatic heterocycles. The van der Waals surface area contributed by atoms with Crippen molar-refractivity contribution in [1.82, 2.24) is 9.55 Å². The van der Waals surface area contributed by atoms with Crippen molar-refractivity contribution in [3.8, 4) is 0 Å². The van der Waals surface area contributed by atoms with E-state index in [-0.39, 0.29) is 11.0 Å². The summed E-state index contributed by atoms with van der Waals surface area (Å²) in [6.45, 7) is 5.57. The fourth-order valence-corrected chi connectivity index (χ4v) is 3.39. The number of imidazole rings is 1. The van der Waals surface area contributed by atoms with Gasteiger partial charge in [0.25, 0.3) is 0 Å². The summed E-state index contributed by atoms with van der Waals surface area (Å²) in [5.74, 6) is 0.821. The molecule has 0 radical (unpaired) electrons. The van der Waals surface area contributed by atoms with Crippen molar-refractivity contribution in [2.75, 3.05) is 6.61 Å². The molecule has 0 saturated carbocycles. The molecule has 2 atom stereocenters. The van der Waals surface area contributed by atoms with Gasteiger partial charge in [0.2, 0.25) is 0 Å². The first-order valence-electron chi connectivity index (χ1n) is 7.03. The second-order valence-corrected chi connectivity index (χ2v) is 7.30. The summed E-state index contributed by atoms with van der Waals surface area (Å²) in [5, 5.41) is 0.836. The Morgan fingerprint density at radius 1 is 1.38 bits per heavy atom. The van der Waals surface area contributed by atoms with Crippen molar-refractivity contribution in [2.24, 2.45) is 0 Å². The standard InChI is InChI=1S/C15H17Cl3N2O/c1-9(16)14-19-12-6-10(17)11(18)7-13(12)20(14)8-15(2)4-3-5-21-15/h6-7,9H,3-5,8H2,1-2H3. The van der Waals surface area contributed by atoms with Gasteiger partial charge in [-0.15, -0.1) is 11.6 Å². The van der Waals surface area contributed by atoms with E-state index >= 15 is 0 Å². The molecule has 2 heterocycles. The molecule has 3 nitrogen and oxygen atoms in total. The molecule has 1 aliphatic rings. The zero-order valence-corrected chi connectivity index (χ0v) is 14.3. The molecular formula is C15H17Cl3N2O. The van der Waals surface area contributed by atoms with Gasteiger partial charge in [0.15, 0.2) is 0 Å². The molecule has 0 aliphatic carbocycles. The van der Waals surface area contributed by atoms with Crippen LogP contribution >= 0.6 is 34.8 Å². The molecule has 2 unspecified atom stereocenters. The lowest BCUT2D eigenvalue weighted by atomic mass is 10.0. The first-order chi connectivity index (χ1) is 9.89. The third-order valence-corrected chi connectivity index (χ3v) is 4.89. The molecule has 6 heteroatoms. The smallest absolute Gasteiger partial charge is 0.127 e. The summed E-state index contributed by atoms with van der Waals surface area (Å²) < 4.78 is 8.01. The van der Waals surface area contributed by atoms with Crippen molar-refractivity contribution in [2.45, 2.75) is 44.2 Å². The Kier molecular flexibility index (Phi) is 4.12. The molecule has 0 spiro atoms. The molecule has 0 amide bonds. The van der Waals surface area contributed by atoms with E-state index in [0.717, 1.165) is 36.3 Å². The van der Waals surface area contributed by atoms with E-state index in [4.69, 9.17) is 39.5 Å². The molecule has 1 aromatic carbocycles. The lowest BCUT2D eigenvalue weighted by molar-refractivity contribution is 0.00649. The van der Waals surface area contributed by atoms with E-state index in [1.54, 1.807) is 6.07 Å². The number of ether oxygens (including phenoxy) is 1.